The van der Waals surface area contributed by atoms with Crippen LogP contribution in [0.2, 0.25) is 0 Å². The zero-order valence-electron chi connectivity index (χ0n) is 9.96. The van der Waals surface area contributed by atoms with Crippen LogP contribution in [0.25, 0.3) is 0 Å². The van der Waals surface area contributed by atoms with Gasteiger partial charge in [0.25, 0.3) is 0 Å². The van der Waals surface area contributed by atoms with Gasteiger partial charge in [-0.2, -0.15) is 0 Å². The number of nitrogens with zero attached hydrogens (tertiary/aromatic N) is 1. The third kappa shape index (κ3) is 3.69. The average Bonchev–Trinajstić information content (AvgIpc) is 2.31. The van der Waals surface area contributed by atoms with Crippen molar-refractivity contribution in [1.29, 1.82) is 0 Å². The van der Waals surface area contributed by atoms with Gasteiger partial charge in [-0.15, -0.1) is 0 Å². The molecule has 16 heavy (non-hydrogen) atoms. The standard InChI is InChI=1S/C13H22INO/c14-12-6-4-11(5-7-12)13(16)10-15-8-2-1-3-9-15/h11-12H,1-10H2. The molecule has 1 aliphatic heterocycles. The minimum Gasteiger partial charge on any atom is -0.298 e. The lowest BCUT2D eigenvalue weighted by Crippen LogP contribution is -2.37. The van der Waals surface area contributed by atoms with Crippen LogP contribution in [0.4, 0.5) is 0 Å². The van der Waals surface area contributed by atoms with E-state index in [1.54, 1.807) is 0 Å². The van der Waals surface area contributed by atoms with E-state index in [0.29, 0.717) is 11.7 Å². The van der Waals surface area contributed by atoms with Crippen LogP contribution < -0.4 is 0 Å². The molecule has 1 saturated carbocycles. The molecule has 0 unspecified atom stereocenters. The summed E-state index contributed by atoms with van der Waals surface area (Å²) in [5.74, 6) is 0.901. The molecule has 0 radical (unpaired) electrons. The smallest absolute Gasteiger partial charge is 0.149 e. The SMILES string of the molecule is O=C(CN1CCCCC1)C1CCC(I)CC1. The van der Waals surface area contributed by atoms with Crippen LogP contribution in [0.5, 0.6) is 0 Å². The van der Waals surface area contributed by atoms with Gasteiger partial charge in [-0.25, -0.2) is 0 Å². The first kappa shape index (κ1) is 12.8. The van der Waals surface area contributed by atoms with E-state index < -0.39 is 0 Å². The number of likely N-dealkylation sites (tertiary alicyclic amines) is 1. The molecule has 3 heteroatoms. The quantitative estimate of drug-likeness (QED) is 0.584. The molecule has 0 amide bonds. The lowest BCUT2D eigenvalue weighted by atomic mass is 9.86. The lowest BCUT2D eigenvalue weighted by Gasteiger charge is -2.29. The first-order chi connectivity index (χ1) is 7.75. The fourth-order valence-electron chi connectivity index (χ4n) is 2.84. The van der Waals surface area contributed by atoms with Crippen LogP contribution >= 0.6 is 22.6 Å². The Morgan fingerprint density at radius 1 is 1.06 bits per heavy atom. The van der Waals surface area contributed by atoms with Crippen molar-refractivity contribution in [3.8, 4) is 0 Å². The van der Waals surface area contributed by atoms with E-state index in [0.717, 1.165) is 36.4 Å². The van der Waals surface area contributed by atoms with E-state index >= 15 is 0 Å². The van der Waals surface area contributed by atoms with Gasteiger partial charge in [-0.1, -0.05) is 29.0 Å². The highest BCUT2D eigenvalue weighted by atomic mass is 127. The first-order valence-corrected chi connectivity index (χ1v) is 7.89. The summed E-state index contributed by atoms with van der Waals surface area (Å²) in [6.45, 7) is 3.03. The van der Waals surface area contributed by atoms with Crippen molar-refractivity contribution in [1.82, 2.24) is 4.90 Å². The Morgan fingerprint density at radius 3 is 2.31 bits per heavy atom. The highest BCUT2D eigenvalue weighted by Gasteiger charge is 2.26. The number of Topliss-reactive ketones (excluding diaryl/α,β-unsaturated/α-hetero) is 1. The van der Waals surface area contributed by atoms with Gasteiger partial charge in [0, 0.05) is 9.84 Å². The van der Waals surface area contributed by atoms with E-state index in [4.69, 9.17) is 0 Å². The van der Waals surface area contributed by atoms with Gasteiger partial charge >= 0.3 is 0 Å². The zero-order valence-corrected chi connectivity index (χ0v) is 12.1. The van der Waals surface area contributed by atoms with E-state index in [1.165, 1.54) is 32.1 Å². The summed E-state index contributed by atoms with van der Waals surface area (Å²) < 4.78 is 0.816. The number of ketones is 1. The maximum Gasteiger partial charge on any atom is 0.149 e. The van der Waals surface area contributed by atoms with Crippen LogP contribution in [0.15, 0.2) is 0 Å². The summed E-state index contributed by atoms with van der Waals surface area (Å²) in [6.07, 6.45) is 8.70. The van der Waals surface area contributed by atoms with Gasteiger partial charge in [0.2, 0.25) is 0 Å². The average molecular weight is 335 g/mol. The Balaban J connectivity index is 1.74. The molecular formula is C13H22INO. The molecule has 1 heterocycles. The normalized spacial score (nSPS) is 32.6. The Bertz CT molecular complexity index is 230. The molecule has 0 spiro atoms. The van der Waals surface area contributed by atoms with Crippen LogP contribution in [0, 0.1) is 5.92 Å². The van der Waals surface area contributed by atoms with Gasteiger partial charge in [-0.05, 0) is 51.6 Å². The van der Waals surface area contributed by atoms with Crippen molar-refractivity contribution in [3.05, 3.63) is 0 Å². The van der Waals surface area contributed by atoms with Crippen LogP contribution in [0.1, 0.15) is 44.9 Å². The second-order valence-corrected chi connectivity index (χ2v) is 7.01. The monoisotopic (exact) mass is 335 g/mol. The molecule has 2 rings (SSSR count). The molecule has 0 aromatic heterocycles. The number of halogens is 1. The van der Waals surface area contributed by atoms with Gasteiger partial charge in [0.15, 0.2) is 0 Å². The van der Waals surface area contributed by atoms with E-state index in [1.807, 2.05) is 0 Å². The molecule has 0 aromatic carbocycles. The fourth-order valence-corrected chi connectivity index (χ4v) is 3.56. The van der Waals surface area contributed by atoms with E-state index in [9.17, 15) is 4.79 Å². The molecule has 2 aliphatic rings. The minimum absolute atomic E-state index is 0.382. The summed E-state index contributed by atoms with van der Waals surface area (Å²) in [5.41, 5.74) is 0. The van der Waals surface area contributed by atoms with Crippen molar-refractivity contribution in [3.63, 3.8) is 0 Å². The third-order valence-electron chi connectivity index (χ3n) is 3.94. The summed E-state index contributed by atoms with van der Waals surface area (Å²) in [5, 5.41) is 0. The second kappa shape index (κ2) is 6.34. The Kier molecular flexibility index (Phi) is 5.07. The maximum absolute atomic E-state index is 12.1. The summed E-state index contributed by atoms with van der Waals surface area (Å²) in [7, 11) is 0. The number of carbonyl (C=O) groups excluding carboxylic acids is 1. The summed E-state index contributed by atoms with van der Waals surface area (Å²) in [6, 6.07) is 0. The largest absolute Gasteiger partial charge is 0.298 e. The topological polar surface area (TPSA) is 20.3 Å². The van der Waals surface area contributed by atoms with Gasteiger partial charge in [-0.3, -0.25) is 9.69 Å². The number of piperidine rings is 1. The zero-order chi connectivity index (χ0) is 11.4. The molecule has 1 aliphatic carbocycles. The van der Waals surface area contributed by atoms with Crippen LogP contribution in [0.3, 0.4) is 0 Å². The predicted molar refractivity (Wildman–Crippen MR) is 75.1 cm³/mol. The summed E-state index contributed by atoms with van der Waals surface area (Å²) >= 11 is 2.52. The number of alkyl halides is 1. The highest BCUT2D eigenvalue weighted by molar-refractivity contribution is 14.1. The van der Waals surface area contributed by atoms with E-state index in [-0.39, 0.29) is 0 Å². The molecule has 0 atom stereocenters. The highest BCUT2D eigenvalue weighted by Crippen LogP contribution is 2.29. The number of rotatable bonds is 3. The molecule has 1 saturated heterocycles. The van der Waals surface area contributed by atoms with Gasteiger partial charge in [0.1, 0.15) is 5.78 Å². The fraction of sp³-hybridized carbons (Fsp3) is 0.923. The van der Waals surface area contributed by atoms with Crippen molar-refractivity contribution in [2.75, 3.05) is 19.6 Å². The second-order valence-electron chi connectivity index (χ2n) is 5.25. The number of hydrogen-bond donors (Lipinski definition) is 0. The summed E-state index contributed by atoms with van der Waals surface area (Å²) in [4.78, 5) is 14.5. The molecule has 2 nitrogen and oxygen atoms in total. The third-order valence-corrected chi connectivity index (χ3v) is 5.19. The Morgan fingerprint density at radius 2 is 1.69 bits per heavy atom. The predicted octanol–water partition coefficient (Wildman–Crippen LogP) is 3.04. The molecular weight excluding hydrogens is 313 g/mol. The van der Waals surface area contributed by atoms with Gasteiger partial charge < -0.3 is 0 Å². The van der Waals surface area contributed by atoms with Crippen molar-refractivity contribution in [2.45, 2.75) is 48.9 Å². The van der Waals surface area contributed by atoms with Crippen molar-refractivity contribution >= 4 is 28.4 Å². The lowest BCUT2D eigenvalue weighted by molar-refractivity contribution is -0.125. The van der Waals surface area contributed by atoms with Gasteiger partial charge in [0.05, 0.1) is 6.54 Å². The Hall–Kier alpha value is 0.360. The molecule has 2 fully saturated rings. The maximum atomic E-state index is 12.1. The molecule has 92 valence electrons. The Labute approximate surface area is 112 Å². The molecule has 0 aromatic rings. The van der Waals surface area contributed by atoms with E-state index in [2.05, 4.69) is 27.5 Å². The minimum atomic E-state index is 0.382. The van der Waals surface area contributed by atoms with Crippen molar-refractivity contribution < 1.29 is 4.79 Å². The molecule has 0 N–H and O–H groups in total. The molecule has 0 bridgehead atoms. The number of hydrogen-bond acceptors (Lipinski definition) is 2. The van der Waals surface area contributed by atoms with Crippen LogP contribution in [-0.2, 0) is 4.79 Å². The van der Waals surface area contributed by atoms with Crippen LogP contribution in [-0.4, -0.2) is 34.2 Å². The first-order valence-electron chi connectivity index (χ1n) is 6.65. The number of carbonyl (C=O) groups is 1. The van der Waals surface area contributed by atoms with Crippen molar-refractivity contribution in [2.24, 2.45) is 5.92 Å².